The number of carbonyl (C=O) groups excluding carboxylic acids is 2. The highest BCUT2D eigenvalue weighted by atomic mass is 16.6. The molecule has 6 heteroatoms. The highest BCUT2D eigenvalue weighted by Gasteiger charge is 2.27. The third-order valence-corrected chi connectivity index (χ3v) is 3.13. The lowest BCUT2D eigenvalue weighted by atomic mass is 10.2. The van der Waals surface area contributed by atoms with E-state index in [9.17, 15) is 9.59 Å². The van der Waals surface area contributed by atoms with E-state index >= 15 is 0 Å². The van der Waals surface area contributed by atoms with Crippen LogP contribution in [0.3, 0.4) is 0 Å². The Morgan fingerprint density at radius 1 is 1.05 bits per heavy atom. The summed E-state index contributed by atoms with van der Waals surface area (Å²) in [4.78, 5) is 27.3. The Labute approximate surface area is 121 Å². The summed E-state index contributed by atoms with van der Waals surface area (Å²) in [6, 6.07) is 0. The zero-order valence-electron chi connectivity index (χ0n) is 12.9. The number of amides is 2. The third-order valence-electron chi connectivity index (χ3n) is 3.13. The molecule has 0 aromatic carbocycles. The fourth-order valence-electron chi connectivity index (χ4n) is 2.04. The van der Waals surface area contributed by atoms with Gasteiger partial charge in [0.2, 0.25) is 5.91 Å². The van der Waals surface area contributed by atoms with Gasteiger partial charge in [-0.25, -0.2) is 4.79 Å². The number of nitrogens with two attached hydrogens (primary N) is 1. The zero-order valence-corrected chi connectivity index (χ0v) is 12.9. The Balaban J connectivity index is 2.32. The van der Waals surface area contributed by atoms with Crippen molar-refractivity contribution in [2.45, 2.75) is 45.6 Å². The Hall–Kier alpha value is -1.30. The number of carbonyl (C=O) groups is 2. The molecule has 0 aromatic rings. The normalized spacial score (nSPS) is 16.2. The molecule has 1 saturated heterocycles. The molecule has 6 nitrogen and oxygen atoms in total. The average molecular weight is 285 g/mol. The van der Waals surface area contributed by atoms with E-state index in [0.717, 1.165) is 12.8 Å². The quantitative estimate of drug-likeness (QED) is 0.787. The number of hydrogen-bond acceptors (Lipinski definition) is 4. The predicted molar refractivity (Wildman–Crippen MR) is 77.3 cm³/mol. The highest BCUT2D eigenvalue weighted by molar-refractivity contribution is 5.76. The third kappa shape index (κ3) is 5.77. The van der Waals surface area contributed by atoms with Crippen LogP contribution in [0.4, 0.5) is 4.79 Å². The molecule has 0 aliphatic carbocycles. The maximum Gasteiger partial charge on any atom is 0.410 e. The first-order chi connectivity index (χ1) is 9.33. The second-order valence-corrected chi connectivity index (χ2v) is 6.09. The van der Waals surface area contributed by atoms with E-state index in [1.807, 2.05) is 25.7 Å². The van der Waals surface area contributed by atoms with Crippen LogP contribution in [0.25, 0.3) is 0 Å². The lowest BCUT2D eigenvalue weighted by Crippen LogP contribution is -2.51. The van der Waals surface area contributed by atoms with Crippen molar-refractivity contribution in [3.8, 4) is 0 Å². The van der Waals surface area contributed by atoms with Crippen LogP contribution in [0, 0.1) is 0 Å². The molecule has 0 bridgehead atoms. The Bertz CT molecular complexity index is 331. The first kappa shape index (κ1) is 16.8. The summed E-state index contributed by atoms with van der Waals surface area (Å²) >= 11 is 0. The van der Waals surface area contributed by atoms with Crippen molar-refractivity contribution >= 4 is 12.0 Å². The van der Waals surface area contributed by atoms with E-state index in [1.165, 1.54) is 0 Å². The van der Waals surface area contributed by atoms with Gasteiger partial charge in [-0.1, -0.05) is 0 Å². The van der Waals surface area contributed by atoms with Gasteiger partial charge in [0.1, 0.15) is 5.60 Å². The minimum atomic E-state index is -0.480. The molecule has 1 rings (SSSR count). The topological polar surface area (TPSA) is 75.9 Å². The van der Waals surface area contributed by atoms with Crippen LogP contribution in [0.2, 0.25) is 0 Å². The maximum absolute atomic E-state index is 11.9. The van der Waals surface area contributed by atoms with Gasteiger partial charge in [-0.15, -0.1) is 0 Å². The van der Waals surface area contributed by atoms with Gasteiger partial charge in [-0.3, -0.25) is 4.79 Å². The fourth-order valence-corrected chi connectivity index (χ4v) is 2.04. The van der Waals surface area contributed by atoms with Crippen molar-refractivity contribution in [1.29, 1.82) is 0 Å². The van der Waals surface area contributed by atoms with Gasteiger partial charge in [0.15, 0.2) is 0 Å². The van der Waals surface area contributed by atoms with Gasteiger partial charge < -0.3 is 20.3 Å². The standard InChI is InChI=1S/C14H27N3O3/c1-14(2,3)20-13(19)17-10-8-16(9-11-17)12(18)6-4-5-7-15/h4-11,15H2,1-3H3. The van der Waals surface area contributed by atoms with Crippen molar-refractivity contribution in [1.82, 2.24) is 9.80 Å². The molecule has 0 spiro atoms. The summed E-state index contributed by atoms with van der Waals surface area (Å²) in [5.74, 6) is 0.155. The van der Waals surface area contributed by atoms with Gasteiger partial charge in [0, 0.05) is 32.6 Å². The smallest absolute Gasteiger partial charge is 0.410 e. The summed E-state index contributed by atoms with van der Waals surface area (Å²) in [5, 5.41) is 0. The Kier molecular flexibility index (Phi) is 6.26. The molecule has 2 amide bonds. The van der Waals surface area contributed by atoms with Crippen molar-refractivity contribution in [3.63, 3.8) is 0 Å². The lowest BCUT2D eigenvalue weighted by Gasteiger charge is -2.35. The molecule has 116 valence electrons. The van der Waals surface area contributed by atoms with Crippen molar-refractivity contribution in [3.05, 3.63) is 0 Å². The zero-order chi connectivity index (χ0) is 15.2. The molecule has 0 atom stereocenters. The van der Waals surface area contributed by atoms with Gasteiger partial charge in [0.25, 0.3) is 0 Å². The summed E-state index contributed by atoms with van der Waals surface area (Å²) < 4.78 is 5.32. The molecule has 1 aliphatic rings. The molecule has 1 heterocycles. The van der Waals surface area contributed by atoms with Crippen LogP contribution < -0.4 is 5.73 Å². The van der Waals surface area contributed by atoms with E-state index in [1.54, 1.807) is 4.90 Å². The fraction of sp³-hybridized carbons (Fsp3) is 0.857. The number of ether oxygens (including phenoxy) is 1. The lowest BCUT2D eigenvalue weighted by molar-refractivity contribution is -0.133. The van der Waals surface area contributed by atoms with E-state index in [-0.39, 0.29) is 12.0 Å². The number of unbranched alkanes of at least 4 members (excludes halogenated alkanes) is 1. The SMILES string of the molecule is CC(C)(C)OC(=O)N1CCN(C(=O)CCCCN)CC1. The summed E-state index contributed by atoms with van der Waals surface area (Å²) in [6.07, 6.45) is 1.96. The van der Waals surface area contributed by atoms with E-state index in [4.69, 9.17) is 10.5 Å². The molecule has 20 heavy (non-hydrogen) atoms. The first-order valence-corrected chi connectivity index (χ1v) is 7.29. The van der Waals surface area contributed by atoms with Crippen LogP contribution in [-0.2, 0) is 9.53 Å². The molecule has 2 N–H and O–H groups in total. The Morgan fingerprint density at radius 2 is 1.60 bits per heavy atom. The van der Waals surface area contributed by atoms with E-state index < -0.39 is 5.60 Å². The Morgan fingerprint density at radius 3 is 2.10 bits per heavy atom. The average Bonchev–Trinajstić information content (AvgIpc) is 2.37. The van der Waals surface area contributed by atoms with Crippen molar-refractivity contribution in [2.24, 2.45) is 5.73 Å². The molecule has 0 unspecified atom stereocenters. The number of rotatable bonds is 4. The summed E-state index contributed by atoms with van der Waals surface area (Å²) in [7, 11) is 0. The van der Waals surface area contributed by atoms with Crippen LogP contribution in [0.15, 0.2) is 0 Å². The van der Waals surface area contributed by atoms with Crippen LogP contribution in [0.1, 0.15) is 40.0 Å². The molecule has 1 aliphatic heterocycles. The number of nitrogens with zero attached hydrogens (tertiary/aromatic N) is 2. The molecule has 0 radical (unpaired) electrons. The maximum atomic E-state index is 11.9. The first-order valence-electron chi connectivity index (χ1n) is 7.29. The number of hydrogen-bond donors (Lipinski definition) is 1. The van der Waals surface area contributed by atoms with Gasteiger partial charge in [-0.2, -0.15) is 0 Å². The largest absolute Gasteiger partial charge is 0.444 e. The van der Waals surface area contributed by atoms with Crippen LogP contribution in [0.5, 0.6) is 0 Å². The molecule has 0 saturated carbocycles. The highest BCUT2D eigenvalue weighted by Crippen LogP contribution is 2.12. The van der Waals surface area contributed by atoms with Gasteiger partial charge >= 0.3 is 6.09 Å². The second-order valence-electron chi connectivity index (χ2n) is 6.09. The van der Waals surface area contributed by atoms with Crippen molar-refractivity contribution < 1.29 is 14.3 Å². The molecular weight excluding hydrogens is 258 g/mol. The predicted octanol–water partition coefficient (Wildman–Crippen LogP) is 1.19. The summed E-state index contributed by atoms with van der Waals surface area (Å²) in [6.45, 7) is 8.42. The van der Waals surface area contributed by atoms with Crippen LogP contribution >= 0.6 is 0 Å². The van der Waals surface area contributed by atoms with E-state index in [0.29, 0.717) is 39.1 Å². The van der Waals surface area contributed by atoms with Gasteiger partial charge in [0.05, 0.1) is 0 Å². The van der Waals surface area contributed by atoms with Gasteiger partial charge in [-0.05, 0) is 40.2 Å². The molecule has 0 aromatic heterocycles. The molecular formula is C14H27N3O3. The number of piperazine rings is 1. The molecule has 1 fully saturated rings. The minimum absolute atomic E-state index is 0.155. The minimum Gasteiger partial charge on any atom is -0.444 e. The van der Waals surface area contributed by atoms with Crippen molar-refractivity contribution in [2.75, 3.05) is 32.7 Å². The summed E-state index contributed by atoms with van der Waals surface area (Å²) in [5.41, 5.74) is 4.93. The second kappa shape index (κ2) is 7.47. The van der Waals surface area contributed by atoms with E-state index in [2.05, 4.69) is 0 Å². The monoisotopic (exact) mass is 285 g/mol. The van der Waals surface area contributed by atoms with Crippen LogP contribution in [-0.4, -0.2) is 60.1 Å².